The summed E-state index contributed by atoms with van der Waals surface area (Å²) in [6, 6.07) is 10.3. The number of hydrogen-bond donors (Lipinski definition) is 2. The van der Waals surface area contributed by atoms with Gasteiger partial charge in [-0.1, -0.05) is 25.7 Å². The van der Waals surface area contributed by atoms with Crippen molar-refractivity contribution in [3.8, 4) is 17.3 Å². The zero-order chi connectivity index (χ0) is 25.5. The Bertz CT molecular complexity index is 1380. The topological polar surface area (TPSA) is 137 Å². The lowest BCUT2D eigenvalue weighted by Gasteiger charge is -2.10. The number of alkyl halides is 1. The van der Waals surface area contributed by atoms with Crippen LogP contribution in [0.2, 0.25) is 0 Å². The second-order valence-electron chi connectivity index (χ2n) is 8.61. The first kappa shape index (κ1) is 25.4. The van der Waals surface area contributed by atoms with Crippen molar-refractivity contribution in [2.24, 2.45) is 0 Å². The molecule has 0 spiro atoms. The smallest absolute Gasteiger partial charge is 0.242 e. The molecule has 0 aliphatic carbocycles. The van der Waals surface area contributed by atoms with Crippen LogP contribution in [0.4, 0.5) is 5.69 Å². The van der Waals surface area contributed by atoms with Crippen molar-refractivity contribution in [3.63, 3.8) is 0 Å². The van der Waals surface area contributed by atoms with E-state index in [1.54, 1.807) is 43.3 Å². The average Bonchev–Trinajstić information content (AvgIpc) is 3.42. The number of benzene rings is 2. The van der Waals surface area contributed by atoms with E-state index in [0.29, 0.717) is 17.9 Å². The van der Waals surface area contributed by atoms with Gasteiger partial charge in [0.25, 0.3) is 0 Å². The average molecular weight is 510 g/mol. The van der Waals surface area contributed by atoms with Crippen molar-refractivity contribution in [2.45, 2.75) is 45.4 Å². The number of anilines is 1. The number of unbranched alkanes of at least 4 members (excludes halogenated alkanes) is 5. The molecule has 0 aliphatic heterocycles. The van der Waals surface area contributed by atoms with Gasteiger partial charge in [0, 0.05) is 11.4 Å². The first-order valence-corrected chi connectivity index (χ1v) is 12.5. The number of halogens is 1. The molecule has 10 heteroatoms. The van der Waals surface area contributed by atoms with Crippen LogP contribution < -0.4 is 15.9 Å². The quantitative estimate of drug-likeness (QED) is 0.154. The van der Waals surface area contributed by atoms with Crippen LogP contribution in [0.15, 0.2) is 45.6 Å². The van der Waals surface area contributed by atoms with Crippen molar-refractivity contribution in [1.82, 2.24) is 20.6 Å². The molecule has 0 atom stereocenters. The van der Waals surface area contributed by atoms with Crippen LogP contribution in [0.3, 0.4) is 0 Å². The highest BCUT2D eigenvalue weighted by Crippen LogP contribution is 2.29. The monoisotopic (exact) mass is 509 g/mol. The maximum atomic E-state index is 13.4. The normalized spacial score (nSPS) is 11.2. The van der Waals surface area contributed by atoms with Crippen LogP contribution in [0, 0.1) is 6.92 Å². The van der Waals surface area contributed by atoms with Gasteiger partial charge in [0.05, 0.1) is 17.6 Å². The fourth-order valence-corrected chi connectivity index (χ4v) is 4.19. The van der Waals surface area contributed by atoms with Gasteiger partial charge >= 0.3 is 0 Å². The summed E-state index contributed by atoms with van der Waals surface area (Å²) in [6.07, 6.45) is 6.70. The number of ketones is 1. The van der Waals surface area contributed by atoms with Crippen molar-refractivity contribution < 1.29 is 13.9 Å². The molecule has 2 aromatic heterocycles. The molecule has 0 bridgehead atoms. The number of H-pyrrole nitrogens is 1. The first-order chi connectivity index (χ1) is 17.5. The van der Waals surface area contributed by atoms with Crippen LogP contribution >= 0.6 is 11.6 Å². The van der Waals surface area contributed by atoms with Crippen LogP contribution in [0.25, 0.3) is 22.6 Å². The van der Waals surface area contributed by atoms with Gasteiger partial charge in [0.2, 0.25) is 17.0 Å². The molecule has 0 fully saturated rings. The van der Waals surface area contributed by atoms with E-state index in [1.165, 1.54) is 19.3 Å². The Morgan fingerprint density at radius 1 is 1.08 bits per heavy atom. The number of ether oxygens (including phenoxy) is 1. The Labute approximate surface area is 213 Å². The molecule has 2 aromatic carbocycles. The Balaban J connectivity index is 1.51. The van der Waals surface area contributed by atoms with E-state index in [4.69, 9.17) is 26.5 Å². The number of nitrogens with two attached hydrogens (primary N) is 1. The zero-order valence-corrected chi connectivity index (χ0v) is 20.8. The van der Waals surface area contributed by atoms with Gasteiger partial charge in [-0.2, -0.15) is 5.21 Å². The van der Waals surface area contributed by atoms with E-state index in [0.717, 1.165) is 30.7 Å². The molecule has 9 nitrogen and oxygen atoms in total. The summed E-state index contributed by atoms with van der Waals surface area (Å²) in [5.74, 6) is 1.12. The fourth-order valence-electron chi connectivity index (χ4n) is 4.00. The largest absolute Gasteiger partial charge is 0.494 e. The lowest BCUT2D eigenvalue weighted by molar-refractivity contribution is 0.103. The number of nitrogens with zero attached hydrogens (tertiary/aromatic N) is 3. The van der Waals surface area contributed by atoms with Crippen molar-refractivity contribution in [3.05, 3.63) is 63.3 Å². The molecule has 188 valence electrons. The van der Waals surface area contributed by atoms with Crippen LogP contribution in [-0.4, -0.2) is 38.9 Å². The summed E-state index contributed by atoms with van der Waals surface area (Å²) in [7, 11) is 0. The molecule has 0 saturated carbocycles. The molecular formula is C26H28ClN5O4. The zero-order valence-electron chi connectivity index (χ0n) is 20.1. The summed E-state index contributed by atoms with van der Waals surface area (Å²) in [5, 5.41) is 13.7. The SMILES string of the molecule is Cc1cc(C(=O)c2ccc(OCCCCCCCCCl)cc2)c2oc(-c3nn[nH]n3)c(N)c(=O)c2c1. The second kappa shape index (κ2) is 11.8. The number of hydrogen-bond acceptors (Lipinski definition) is 8. The van der Waals surface area contributed by atoms with Crippen molar-refractivity contribution in [2.75, 3.05) is 18.2 Å². The lowest BCUT2D eigenvalue weighted by atomic mass is 9.98. The predicted octanol–water partition coefficient (Wildman–Crippen LogP) is 5.05. The van der Waals surface area contributed by atoms with Gasteiger partial charge in [0.15, 0.2) is 5.78 Å². The molecule has 4 aromatic rings. The number of carbonyl (C=O) groups excluding carboxylic acids is 1. The minimum atomic E-state index is -0.461. The highest BCUT2D eigenvalue weighted by molar-refractivity contribution is 6.17. The third-order valence-electron chi connectivity index (χ3n) is 5.88. The van der Waals surface area contributed by atoms with Gasteiger partial charge in [-0.25, -0.2) is 0 Å². The number of carbonyl (C=O) groups is 1. The number of nitrogen functional groups attached to an aromatic ring is 1. The van der Waals surface area contributed by atoms with Gasteiger partial charge < -0.3 is 14.9 Å². The van der Waals surface area contributed by atoms with E-state index in [-0.39, 0.29) is 39.6 Å². The Morgan fingerprint density at radius 2 is 1.81 bits per heavy atom. The van der Waals surface area contributed by atoms with E-state index in [2.05, 4.69) is 20.6 Å². The number of nitrogens with one attached hydrogen (secondary N) is 1. The summed E-state index contributed by atoms with van der Waals surface area (Å²) in [5.41, 5.74) is 6.92. The molecule has 36 heavy (non-hydrogen) atoms. The number of aromatic nitrogens is 4. The van der Waals surface area contributed by atoms with E-state index in [1.807, 2.05) is 0 Å². The third kappa shape index (κ3) is 5.73. The van der Waals surface area contributed by atoms with Crippen molar-refractivity contribution in [1.29, 1.82) is 0 Å². The number of rotatable bonds is 12. The minimum absolute atomic E-state index is 0.0298. The Kier molecular flexibility index (Phi) is 8.32. The van der Waals surface area contributed by atoms with Gasteiger partial charge in [-0.3, -0.25) is 9.59 Å². The standard InChI is InChI=1S/C26H28ClN5O4/c1-16-14-19(24-20(15-16)23(34)21(28)25(36-24)26-29-31-32-30-26)22(33)17-8-10-18(11-9-17)35-13-7-5-3-2-4-6-12-27/h8-11,14-15H,2-7,12-13,28H2,1H3,(H,29,30,31,32). The van der Waals surface area contributed by atoms with E-state index in [9.17, 15) is 9.59 Å². The van der Waals surface area contributed by atoms with E-state index >= 15 is 0 Å². The molecule has 4 rings (SSSR count). The second-order valence-corrected chi connectivity index (χ2v) is 8.99. The third-order valence-corrected chi connectivity index (χ3v) is 6.14. The number of aryl methyl sites for hydroxylation is 1. The number of tetrazole rings is 1. The molecule has 2 heterocycles. The van der Waals surface area contributed by atoms with Crippen LogP contribution in [0.5, 0.6) is 5.75 Å². The maximum absolute atomic E-state index is 13.4. The Morgan fingerprint density at radius 3 is 2.50 bits per heavy atom. The van der Waals surface area contributed by atoms with Crippen molar-refractivity contribution >= 4 is 34.0 Å². The van der Waals surface area contributed by atoms with Crippen LogP contribution in [0.1, 0.15) is 60.0 Å². The van der Waals surface area contributed by atoms with Gasteiger partial charge in [-0.05, 0) is 66.9 Å². The lowest BCUT2D eigenvalue weighted by Crippen LogP contribution is -2.13. The molecule has 0 aliphatic rings. The number of fused-ring (bicyclic) bond motifs is 1. The molecule has 0 unspecified atom stereocenters. The van der Waals surface area contributed by atoms with Crippen LogP contribution in [-0.2, 0) is 0 Å². The maximum Gasteiger partial charge on any atom is 0.242 e. The number of aromatic amines is 1. The molecular weight excluding hydrogens is 482 g/mol. The van der Waals surface area contributed by atoms with Gasteiger partial charge in [-0.15, -0.1) is 21.8 Å². The molecule has 0 saturated heterocycles. The fraction of sp³-hybridized carbons (Fsp3) is 0.346. The summed E-state index contributed by atoms with van der Waals surface area (Å²) in [6.45, 7) is 2.42. The molecule has 0 amide bonds. The highest BCUT2D eigenvalue weighted by Gasteiger charge is 2.22. The summed E-state index contributed by atoms with van der Waals surface area (Å²) >= 11 is 5.70. The van der Waals surface area contributed by atoms with Gasteiger partial charge in [0.1, 0.15) is 17.0 Å². The molecule has 0 radical (unpaired) electrons. The predicted molar refractivity (Wildman–Crippen MR) is 139 cm³/mol. The summed E-state index contributed by atoms with van der Waals surface area (Å²) < 4.78 is 11.7. The minimum Gasteiger partial charge on any atom is -0.494 e. The highest BCUT2D eigenvalue weighted by atomic mass is 35.5. The molecule has 3 N–H and O–H groups in total. The first-order valence-electron chi connectivity index (χ1n) is 11.9. The summed E-state index contributed by atoms with van der Waals surface area (Å²) in [4.78, 5) is 26.4. The Hall–Kier alpha value is -3.72. The van der Waals surface area contributed by atoms with E-state index < -0.39 is 5.43 Å².